The molecule has 0 unspecified atom stereocenters. The maximum Gasteiger partial charge on any atom is 0.469 e. The minimum absolute atomic E-state index is 0.425. The molecule has 132 valence electrons. The average molecular weight is 438 g/mol. The van der Waals surface area contributed by atoms with Gasteiger partial charge < -0.3 is 8.85 Å². The lowest BCUT2D eigenvalue weighted by Gasteiger charge is -2.36. The molecule has 0 fully saturated rings. The molecule has 7 heteroatoms. The highest BCUT2D eigenvalue weighted by Crippen LogP contribution is 2.30. The largest absolute Gasteiger partial charge is 0.514 e. The molecule has 0 aliphatic carbocycles. The molecule has 0 atom stereocenters. The Kier molecular flexibility index (Phi) is 4.90. The van der Waals surface area contributed by atoms with E-state index in [4.69, 9.17) is 42.1 Å². The second-order valence-corrected chi connectivity index (χ2v) is 17.4. The van der Waals surface area contributed by atoms with Gasteiger partial charge in [0.05, 0.1) is 6.61 Å². The molecule has 0 aromatic heterocycles. The van der Waals surface area contributed by atoms with Crippen LogP contribution in [0.1, 0.15) is 5.56 Å². The van der Waals surface area contributed by atoms with Gasteiger partial charge in [-0.2, -0.15) is 0 Å². The third-order valence-corrected chi connectivity index (χ3v) is 10.6. The van der Waals surface area contributed by atoms with Gasteiger partial charge in [0.1, 0.15) is 5.75 Å². The molecular weight excluding hydrogens is 423 g/mol. The zero-order valence-corrected chi connectivity index (χ0v) is 17.9. The van der Waals surface area contributed by atoms with Crippen molar-refractivity contribution in [2.75, 3.05) is 0 Å². The van der Waals surface area contributed by atoms with Crippen LogP contribution in [0.4, 0.5) is 0 Å². The quantitative estimate of drug-likeness (QED) is 0.459. The van der Waals surface area contributed by atoms with Gasteiger partial charge in [-0.1, -0.05) is 72.8 Å². The van der Waals surface area contributed by atoms with E-state index in [1.54, 1.807) is 0 Å². The predicted molar refractivity (Wildman–Crippen MR) is 113 cm³/mol. The number of hydrogen-bond acceptors (Lipinski definition) is 2. The molecule has 26 heavy (non-hydrogen) atoms. The molecule has 3 aromatic rings. The second kappa shape index (κ2) is 7.04. The van der Waals surface area contributed by atoms with Crippen molar-refractivity contribution in [3.8, 4) is 5.75 Å². The molecule has 1 heterocycles. The molecule has 2 nitrogen and oxygen atoms in total. The van der Waals surface area contributed by atoms with Crippen LogP contribution in [-0.2, 0) is 11.0 Å². The number of rotatable bonds is 3. The number of halogens is 3. The van der Waals surface area contributed by atoms with Crippen molar-refractivity contribution in [2.45, 2.75) is 6.61 Å². The Balaban J connectivity index is 1.81. The van der Waals surface area contributed by atoms with Crippen molar-refractivity contribution in [3.63, 3.8) is 0 Å². The molecule has 0 amide bonds. The molecular formula is C19H15Cl3O2Si2. The van der Waals surface area contributed by atoms with E-state index >= 15 is 0 Å². The van der Waals surface area contributed by atoms with Crippen LogP contribution in [0.25, 0.3) is 0 Å². The Morgan fingerprint density at radius 2 is 1.35 bits per heavy atom. The Bertz CT molecular complexity index is 876. The normalized spacial score (nSPS) is 15.8. The molecule has 0 spiro atoms. The number of benzene rings is 3. The summed E-state index contributed by atoms with van der Waals surface area (Å²) in [6, 6.07) is 23.0. The minimum atomic E-state index is -2.94. The number of hydrogen-bond donors (Lipinski definition) is 0. The predicted octanol–water partition coefficient (Wildman–Crippen LogP) is 3.71. The van der Waals surface area contributed by atoms with Gasteiger partial charge in [0.2, 0.25) is 0 Å². The van der Waals surface area contributed by atoms with Crippen LogP contribution in [-0.4, -0.2) is 14.6 Å². The first-order chi connectivity index (χ1) is 12.5. The fourth-order valence-electron chi connectivity index (χ4n) is 3.10. The van der Waals surface area contributed by atoms with Crippen LogP contribution in [0.3, 0.4) is 0 Å². The van der Waals surface area contributed by atoms with Crippen molar-refractivity contribution in [3.05, 3.63) is 84.4 Å². The fourth-order valence-corrected chi connectivity index (χ4v) is 7.86. The Morgan fingerprint density at radius 3 is 1.88 bits per heavy atom. The zero-order chi connectivity index (χ0) is 18.2. The highest BCUT2D eigenvalue weighted by Gasteiger charge is 2.48. The summed E-state index contributed by atoms with van der Waals surface area (Å²) in [5.74, 6) is 0.794. The van der Waals surface area contributed by atoms with Crippen LogP contribution in [0, 0.1) is 0 Å². The lowest BCUT2D eigenvalue weighted by molar-refractivity contribution is 0.223. The van der Waals surface area contributed by atoms with Gasteiger partial charge in [-0.15, -0.1) is 33.2 Å². The summed E-state index contributed by atoms with van der Waals surface area (Å²) in [5, 5.41) is 2.87. The maximum absolute atomic E-state index is 6.56. The van der Waals surface area contributed by atoms with Crippen molar-refractivity contribution in [1.82, 2.24) is 0 Å². The van der Waals surface area contributed by atoms with Crippen LogP contribution < -0.4 is 20.0 Å². The summed E-state index contributed by atoms with van der Waals surface area (Å²) in [7, 11) is -2.84. The van der Waals surface area contributed by atoms with E-state index in [-0.39, 0.29) is 0 Å². The third kappa shape index (κ3) is 3.33. The van der Waals surface area contributed by atoms with Gasteiger partial charge in [-0.25, -0.2) is 0 Å². The maximum atomic E-state index is 6.56. The second-order valence-electron chi connectivity index (χ2n) is 6.06. The molecule has 0 bridgehead atoms. The summed E-state index contributed by atoms with van der Waals surface area (Å²) in [5.41, 5.74) is 0.913. The summed E-state index contributed by atoms with van der Waals surface area (Å²) >= 11 is 18.4. The van der Waals surface area contributed by atoms with E-state index in [2.05, 4.69) is 24.3 Å². The van der Waals surface area contributed by atoms with Crippen LogP contribution in [0.15, 0.2) is 78.9 Å². The lowest BCUT2D eigenvalue weighted by Crippen LogP contribution is -2.66. The fraction of sp³-hybridized carbons (Fsp3) is 0.0526. The van der Waals surface area contributed by atoms with Crippen molar-refractivity contribution >= 4 is 63.4 Å². The Morgan fingerprint density at radius 1 is 0.769 bits per heavy atom. The van der Waals surface area contributed by atoms with Gasteiger partial charge in [0.15, 0.2) is 0 Å². The molecule has 0 saturated heterocycles. The molecule has 0 radical (unpaired) electrons. The molecule has 1 aliphatic heterocycles. The van der Waals surface area contributed by atoms with Gasteiger partial charge in [0, 0.05) is 15.9 Å². The van der Waals surface area contributed by atoms with Gasteiger partial charge in [-0.3, -0.25) is 0 Å². The van der Waals surface area contributed by atoms with Gasteiger partial charge in [-0.05, 0) is 11.3 Å². The molecule has 3 aromatic carbocycles. The average Bonchev–Trinajstić information content (AvgIpc) is 2.68. The van der Waals surface area contributed by atoms with Crippen LogP contribution in [0.5, 0.6) is 5.75 Å². The first kappa shape index (κ1) is 18.1. The molecule has 0 saturated carbocycles. The summed E-state index contributed by atoms with van der Waals surface area (Å²) < 4.78 is 13.0. The molecule has 1 aliphatic rings. The summed E-state index contributed by atoms with van der Waals surface area (Å²) in [6.07, 6.45) is 0. The smallest absolute Gasteiger partial charge is 0.469 e. The highest BCUT2D eigenvalue weighted by molar-refractivity contribution is 7.69. The first-order valence-electron chi connectivity index (χ1n) is 8.13. The van der Waals surface area contributed by atoms with Crippen molar-refractivity contribution in [2.24, 2.45) is 0 Å². The standard InChI is InChI=1S/C19H15Cl3O2Si2/c20-26(21,22)18-11-12-19-15(13-18)14-23-25(24-19,16-7-3-1-4-8-16)17-9-5-2-6-10-17/h1-13H,14H2. The van der Waals surface area contributed by atoms with Gasteiger partial charge >= 0.3 is 14.6 Å². The molecule has 4 rings (SSSR count). The monoisotopic (exact) mass is 436 g/mol. The van der Waals surface area contributed by atoms with E-state index in [1.807, 2.05) is 54.6 Å². The van der Waals surface area contributed by atoms with E-state index in [0.717, 1.165) is 26.9 Å². The summed E-state index contributed by atoms with van der Waals surface area (Å²) in [6.45, 7) is 0.425. The molecule has 0 N–H and O–H groups in total. The first-order valence-corrected chi connectivity index (χ1v) is 15.0. The van der Waals surface area contributed by atoms with Gasteiger partial charge in [0.25, 0.3) is 0 Å². The zero-order valence-electron chi connectivity index (χ0n) is 13.7. The van der Waals surface area contributed by atoms with E-state index in [9.17, 15) is 0 Å². The minimum Gasteiger partial charge on any atom is -0.514 e. The lowest BCUT2D eigenvalue weighted by atomic mass is 10.2. The van der Waals surface area contributed by atoms with E-state index in [0.29, 0.717) is 6.61 Å². The SMILES string of the molecule is Cl[Si](Cl)(Cl)c1ccc2c(c1)CO[Si](c1ccccc1)(c1ccccc1)O2. The van der Waals surface area contributed by atoms with E-state index < -0.39 is 14.6 Å². The Hall–Kier alpha value is -1.28. The highest BCUT2D eigenvalue weighted by atomic mass is 35.8. The number of fused-ring (bicyclic) bond motifs is 1. The Labute approximate surface area is 168 Å². The van der Waals surface area contributed by atoms with E-state index in [1.165, 1.54) is 0 Å². The van der Waals surface area contributed by atoms with Crippen molar-refractivity contribution in [1.29, 1.82) is 0 Å². The van der Waals surface area contributed by atoms with Crippen molar-refractivity contribution < 1.29 is 8.85 Å². The summed E-state index contributed by atoms with van der Waals surface area (Å²) in [4.78, 5) is 0. The topological polar surface area (TPSA) is 18.5 Å². The third-order valence-electron chi connectivity index (χ3n) is 4.38. The van der Waals surface area contributed by atoms with Crippen LogP contribution >= 0.6 is 33.2 Å². The van der Waals surface area contributed by atoms with Crippen LogP contribution in [0.2, 0.25) is 0 Å².